The second kappa shape index (κ2) is 7.09. The fraction of sp³-hybridized carbons (Fsp3) is 0.263. The van der Waals surface area contributed by atoms with Gasteiger partial charge in [0.1, 0.15) is 11.5 Å². The largest absolute Gasteiger partial charge is 0.376 e. The maximum atomic E-state index is 13.3. The van der Waals surface area contributed by atoms with Crippen molar-refractivity contribution in [3.8, 4) is 5.69 Å². The molecule has 0 unspecified atom stereocenters. The second-order valence-corrected chi connectivity index (χ2v) is 6.68. The lowest BCUT2D eigenvalue weighted by molar-refractivity contribution is -0.514. The fourth-order valence-corrected chi connectivity index (χ4v) is 3.71. The number of nitrogens with one attached hydrogen (secondary N) is 1. The first kappa shape index (κ1) is 17.1. The number of pyridine rings is 1. The number of carbonyl (C=O) groups is 1. The number of carbonyl (C=O) groups excluding carboxylic acids is 1. The number of imidazole rings is 1. The molecule has 3 aromatic rings. The Morgan fingerprint density at radius 1 is 1.31 bits per heavy atom. The number of amides is 1. The van der Waals surface area contributed by atoms with E-state index in [0.717, 1.165) is 30.8 Å². The zero-order chi connectivity index (χ0) is 18.1. The van der Waals surface area contributed by atoms with Gasteiger partial charge in [-0.05, 0) is 43.2 Å². The molecule has 1 aliphatic heterocycles. The molecule has 0 bridgehead atoms. The van der Waals surface area contributed by atoms with E-state index in [2.05, 4.69) is 17.9 Å². The smallest absolute Gasteiger partial charge is 0.296 e. The van der Waals surface area contributed by atoms with Gasteiger partial charge in [0.05, 0.1) is 12.3 Å². The van der Waals surface area contributed by atoms with Crippen molar-refractivity contribution in [1.82, 2.24) is 9.88 Å². The van der Waals surface area contributed by atoms with Crippen molar-refractivity contribution in [3.05, 3.63) is 60.2 Å². The predicted octanol–water partition coefficient (Wildman–Crippen LogP) is 2.55. The van der Waals surface area contributed by atoms with Crippen LogP contribution in [0.4, 0.5) is 4.39 Å². The highest BCUT2D eigenvalue weighted by Crippen LogP contribution is 2.22. The van der Waals surface area contributed by atoms with Crippen LogP contribution in [0.2, 0.25) is 0 Å². The number of nitrogens with zero attached hydrogens (tertiary/aromatic N) is 2. The van der Waals surface area contributed by atoms with E-state index in [0.29, 0.717) is 17.3 Å². The number of hydrogen-bond acceptors (Lipinski definition) is 3. The summed E-state index contributed by atoms with van der Waals surface area (Å²) in [6.07, 6.45) is 3.86. The Hall–Kier alpha value is -2.38. The normalized spacial score (nSPS) is 16.9. The van der Waals surface area contributed by atoms with Gasteiger partial charge < -0.3 is 10.1 Å². The standard InChI is InChI=1S/C19H18FN3O2S/c20-13-6-8-14(9-7-13)23-16-5-1-2-10-22(16)17(19(23)26)18(24)21-12-15-4-3-11-25-15/h1-2,5-10,15H,3-4,11-12H2,(H-,21,24,26)/p+1/t15-/m0/s1. The zero-order valence-electron chi connectivity index (χ0n) is 14.1. The maximum absolute atomic E-state index is 13.3. The molecule has 0 spiro atoms. The van der Waals surface area contributed by atoms with E-state index in [9.17, 15) is 9.18 Å². The van der Waals surface area contributed by atoms with Crippen LogP contribution in [0.1, 0.15) is 23.3 Å². The number of thiol groups is 1. The van der Waals surface area contributed by atoms with Gasteiger partial charge in [-0.25, -0.2) is 4.39 Å². The van der Waals surface area contributed by atoms with Gasteiger partial charge in [-0.3, -0.25) is 4.79 Å². The van der Waals surface area contributed by atoms with E-state index in [1.165, 1.54) is 12.1 Å². The lowest BCUT2D eigenvalue weighted by atomic mass is 10.2. The van der Waals surface area contributed by atoms with Crippen molar-refractivity contribution in [2.45, 2.75) is 24.0 Å². The first-order chi connectivity index (χ1) is 12.6. The molecule has 0 saturated carbocycles. The van der Waals surface area contributed by atoms with Crippen LogP contribution in [-0.4, -0.2) is 29.7 Å². The summed E-state index contributed by atoms with van der Waals surface area (Å²) in [5.41, 5.74) is 1.94. The predicted molar refractivity (Wildman–Crippen MR) is 97.4 cm³/mol. The fourth-order valence-electron chi connectivity index (χ4n) is 3.28. The van der Waals surface area contributed by atoms with E-state index in [1.807, 2.05) is 29.0 Å². The summed E-state index contributed by atoms with van der Waals surface area (Å²) in [6, 6.07) is 11.7. The molecule has 2 aromatic heterocycles. The molecule has 1 aromatic carbocycles. The van der Waals surface area contributed by atoms with Gasteiger partial charge in [-0.15, -0.1) is 0 Å². The molecule has 7 heteroatoms. The third-order valence-corrected chi connectivity index (χ3v) is 4.96. The minimum atomic E-state index is -0.312. The lowest BCUT2D eigenvalue weighted by Crippen LogP contribution is -2.38. The van der Waals surface area contributed by atoms with Crippen LogP contribution in [0.5, 0.6) is 0 Å². The SMILES string of the molecule is O=C(NC[C@@H]1CCCO1)c1c(S)n(-c2ccc(F)cc2)c2cccc[n+]12. The lowest BCUT2D eigenvalue weighted by Gasteiger charge is -2.09. The van der Waals surface area contributed by atoms with E-state index in [-0.39, 0.29) is 17.8 Å². The molecule has 1 N–H and O–H groups in total. The molecule has 5 nitrogen and oxygen atoms in total. The van der Waals surface area contributed by atoms with Gasteiger partial charge in [-0.1, -0.05) is 18.7 Å². The molecule has 1 fully saturated rings. The van der Waals surface area contributed by atoms with E-state index < -0.39 is 0 Å². The van der Waals surface area contributed by atoms with Crippen LogP contribution < -0.4 is 9.72 Å². The van der Waals surface area contributed by atoms with Crippen molar-refractivity contribution < 1.29 is 18.3 Å². The first-order valence-corrected chi connectivity index (χ1v) is 8.99. The maximum Gasteiger partial charge on any atom is 0.296 e. The van der Waals surface area contributed by atoms with Crippen molar-refractivity contribution in [2.75, 3.05) is 13.2 Å². The summed E-state index contributed by atoms with van der Waals surface area (Å²) < 4.78 is 22.5. The molecular weight excluding hydrogens is 353 g/mol. The number of rotatable bonds is 4. The van der Waals surface area contributed by atoms with Gasteiger partial charge in [0, 0.05) is 19.2 Å². The van der Waals surface area contributed by atoms with Gasteiger partial charge in [0.25, 0.3) is 17.2 Å². The third kappa shape index (κ3) is 3.08. The van der Waals surface area contributed by atoms with Crippen molar-refractivity contribution in [1.29, 1.82) is 0 Å². The average molecular weight is 372 g/mol. The minimum Gasteiger partial charge on any atom is -0.376 e. The summed E-state index contributed by atoms with van der Waals surface area (Å²) in [6.45, 7) is 1.22. The highest BCUT2D eigenvalue weighted by Gasteiger charge is 2.30. The second-order valence-electron chi connectivity index (χ2n) is 6.26. The summed E-state index contributed by atoms with van der Waals surface area (Å²) >= 11 is 4.61. The number of hydrogen-bond donors (Lipinski definition) is 2. The van der Waals surface area contributed by atoms with Crippen LogP contribution in [0, 0.1) is 5.82 Å². The number of halogens is 1. The van der Waals surface area contributed by atoms with E-state index >= 15 is 0 Å². The monoisotopic (exact) mass is 372 g/mol. The van der Waals surface area contributed by atoms with Crippen LogP contribution in [0.3, 0.4) is 0 Å². The number of aromatic nitrogens is 2. The van der Waals surface area contributed by atoms with Gasteiger partial charge in [-0.2, -0.15) is 8.97 Å². The number of fused-ring (bicyclic) bond motifs is 1. The number of benzene rings is 1. The molecule has 1 aliphatic rings. The summed E-state index contributed by atoms with van der Waals surface area (Å²) in [5, 5.41) is 3.43. The molecule has 1 atom stereocenters. The molecule has 3 heterocycles. The minimum absolute atomic E-state index is 0.0674. The third-order valence-electron chi connectivity index (χ3n) is 4.55. The van der Waals surface area contributed by atoms with Crippen LogP contribution in [0.25, 0.3) is 11.3 Å². The Morgan fingerprint density at radius 2 is 2.12 bits per heavy atom. The molecule has 0 radical (unpaired) electrons. The highest BCUT2D eigenvalue weighted by molar-refractivity contribution is 7.80. The van der Waals surface area contributed by atoms with Crippen LogP contribution >= 0.6 is 12.6 Å². The highest BCUT2D eigenvalue weighted by atomic mass is 32.1. The Bertz CT molecular complexity index is 949. The summed E-state index contributed by atoms with van der Waals surface area (Å²) in [7, 11) is 0. The van der Waals surface area contributed by atoms with Gasteiger partial charge in [0.15, 0.2) is 0 Å². The molecule has 4 rings (SSSR count). The number of ether oxygens (including phenoxy) is 1. The topological polar surface area (TPSA) is 47.4 Å². The molecule has 1 amide bonds. The Kier molecular flexibility index (Phi) is 4.65. The molecule has 0 aliphatic carbocycles. The van der Waals surface area contributed by atoms with Gasteiger partial charge in [0.2, 0.25) is 5.03 Å². The van der Waals surface area contributed by atoms with E-state index in [1.54, 1.807) is 16.5 Å². The van der Waals surface area contributed by atoms with Crippen LogP contribution in [0.15, 0.2) is 53.7 Å². The van der Waals surface area contributed by atoms with Crippen molar-refractivity contribution >= 4 is 24.2 Å². The summed E-state index contributed by atoms with van der Waals surface area (Å²) in [5.74, 6) is -0.527. The average Bonchev–Trinajstić information content (AvgIpc) is 3.26. The zero-order valence-corrected chi connectivity index (χ0v) is 15.0. The summed E-state index contributed by atoms with van der Waals surface area (Å²) in [4.78, 5) is 12.8. The first-order valence-electron chi connectivity index (χ1n) is 8.55. The van der Waals surface area contributed by atoms with Crippen LogP contribution in [-0.2, 0) is 4.74 Å². The Labute approximate surface area is 155 Å². The molecular formula is C19H19FN3O2S+. The molecule has 134 valence electrons. The van der Waals surface area contributed by atoms with Crippen molar-refractivity contribution in [3.63, 3.8) is 0 Å². The molecule has 26 heavy (non-hydrogen) atoms. The van der Waals surface area contributed by atoms with Crippen molar-refractivity contribution in [2.24, 2.45) is 0 Å². The quantitative estimate of drug-likeness (QED) is 0.546. The molecule has 1 saturated heterocycles. The Morgan fingerprint density at radius 3 is 2.85 bits per heavy atom. The Balaban J connectivity index is 1.73. The van der Waals surface area contributed by atoms with E-state index in [4.69, 9.17) is 4.74 Å². The van der Waals surface area contributed by atoms with Gasteiger partial charge >= 0.3 is 0 Å².